The van der Waals surface area contributed by atoms with E-state index in [2.05, 4.69) is 21.3 Å². The first kappa shape index (κ1) is 16.6. The number of nitriles is 1. The zero-order valence-electron chi connectivity index (χ0n) is 13.6. The third kappa shape index (κ3) is 3.81. The number of aromatic nitrogens is 1. The highest BCUT2D eigenvalue weighted by molar-refractivity contribution is 7.99. The molecule has 1 aromatic carbocycles. The van der Waals surface area contributed by atoms with Crippen molar-refractivity contribution in [3.63, 3.8) is 0 Å². The van der Waals surface area contributed by atoms with Gasteiger partial charge >= 0.3 is 0 Å². The van der Waals surface area contributed by atoms with E-state index in [4.69, 9.17) is 5.26 Å². The Morgan fingerprint density at radius 1 is 1.42 bits per heavy atom. The molecule has 1 aliphatic heterocycles. The van der Waals surface area contributed by atoms with Crippen LogP contribution in [0, 0.1) is 18.3 Å². The number of thioether (sulfide) groups is 1. The summed E-state index contributed by atoms with van der Waals surface area (Å²) in [6.45, 7) is 5.18. The molecule has 2 aromatic rings. The van der Waals surface area contributed by atoms with Crippen molar-refractivity contribution in [1.29, 1.82) is 5.26 Å². The van der Waals surface area contributed by atoms with E-state index >= 15 is 0 Å². The predicted molar refractivity (Wildman–Crippen MR) is 97.2 cm³/mol. The van der Waals surface area contributed by atoms with Crippen molar-refractivity contribution in [2.45, 2.75) is 13.5 Å². The van der Waals surface area contributed by atoms with Gasteiger partial charge in [0, 0.05) is 43.0 Å². The first-order chi connectivity index (χ1) is 11.7. The lowest BCUT2D eigenvalue weighted by atomic mass is 10.1. The fourth-order valence-electron chi connectivity index (χ4n) is 2.77. The molecule has 2 N–H and O–H groups in total. The van der Waals surface area contributed by atoms with E-state index in [0.29, 0.717) is 11.3 Å². The molecular weight excluding hydrogens is 320 g/mol. The third-order valence-electron chi connectivity index (χ3n) is 4.25. The van der Waals surface area contributed by atoms with Gasteiger partial charge in [0.25, 0.3) is 5.91 Å². The fraction of sp³-hybridized carbons (Fsp3) is 0.333. The topological polar surface area (TPSA) is 71.9 Å². The molecule has 0 atom stereocenters. The van der Waals surface area contributed by atoms with Gasteiger partial charge in [-0.1, -0.05) is 12.1 Å². The number of hydrogen-bond donors (Lipinski definition) is 2. The van der Waals surface area contributed by atoms with Crippen LogP contribution in [-0.4, -0.2) is 40.4 Å². The Labute approximate surface area is 146 Å². The van der Waals surface area contributed by atoms with E-state index in [1.807, 2.05) is 36.9 Å². The summed E-state index contributed by atoms with van der Waals surface area (Å²) in [6.07, 6.45) is 1.53. The van der Waals surface area contributed by atoms with Crippen molar-refractivity contribution in [3.8, 4) is 6.07 Å². The SMILES string of the molecule is Cc1c(CN2CCSCC2)cccc1NC(=O)c1cc(C#N)c[nH]1. The number of rotatable bonds is 4. The maximum atomic E-state index is 12.3. The van der Waals surface area contributed by atoms with Crippen molar-refractivity contribution in [1.82, 2.24) is 9.88 Å². The Hall–Kier alpha value is -2.23. The van der Waals surface area contributed by atoms with Gasteiger partial charge < -0.3 is 10.3 Å². The number of H-pyrrole nitrogens is 1. The van der Waals surface area contributed by atoms with E-state index in [1.165, 1.54) is 23.3 Å². The van der Waals surface area contributed by atoms with Crippen LogP contribution >= 0.6 is 11.8 Å². The normalized spacial score (nSPS) is 15.0. The molecule has 0 unspecified atom stereocenters. The van der Waals surface area contributed by atoms with Crippen molar-refractivity contribution in [2.75, 3.05) is 29.9 Å². The van der Waals surface area contributed by atoms with Gasteiger partial charge in [-0.25, -0.2) is 0 Å². The van der Waals surface area contributed by atoms with Crippen LogP contribution in [-0.2, 0) is 6.54 Å². The number of nitrogens with zero attached hydrogens (tertiary/aromatic N) is 2. The molecule has 5 nitrogen and oxygen atoms in total. The fourth-order valence-corrected chi connectivity index (χ4v) is 3.75. The number of hydrogen-bond acceptors (Lipinski definition) is 4. The van der Waals surface area contributed by atoms with Crippen molar-refractivity contribution in [3.05, 3.63) is 52.8 Å². The van der Waals surface area contributed by atoms with Crippen LogP contribution in [0.25, 0.3) is 0 Å². The monoisotopic (exact) mass is 340 g/mol. The highest BCUT2D eigenvalue weighted by Crippen LogP contribution is 2.22. The molecule has 124 valence electrons. The second kappa shape index (κ2) is 7.56. The Morgan fingerprint density at radius 3 is 2.92 bits per heavy atom. The molecule has 0 radical (unpaired) electrons. The van der Waals surface area contributed by atoms with Crippen LogP contribution in [0.1, 0.15) is 27.2 Å². The molecule has 1 amide bonds. The third-order valence-corrected chi connectivity index (χ3v) is 5.19. The maximum Gasteiger partial charge on any atom is 0.272 e. The van der Waals surface area contributed by atoms with Gasteiger partial charge in [0.15, 0.2) is 0 Å². The maximum absolute atomic E-state index is 12.3. The number of aromatic amines is 1. The van der Waals surface area contributed by atoms with Crippen molar-refractivity contribution >= 4 is 23.4 Å². The zero-order chi connectivity index (χ0) is 16.9. The summed E-state index contributed by atoms with van der Waals surface area (Å²) in [6, 6.07) is 9.58. The van der Waals surface area contributed by atoms with Crippen LogP contribution in [0.15, 0.2) is 30.5 Å². The Balaban J connectivity index is 1.72. The molecule has 1 fully saturated rings. The quantitative estimate of drug-likeness (QED) is 0.897. The Bertz CT molecular complexity index is 772. The minimum Gasteiger partial charge on any atom is -0.356 e. The molecule has 1 saturated heterocycles. The van der Waals surface area contributed by atoms with E-state index in [-0.39, 0.29) is 5.91 Å². The molecule has 0 aliphatic carbocycles. The molecule has 1 aliphatic rings. The number of carbonyl (C=O) groups is 1. The molecule has 3 rings (SSSR count). The smallest absolute Gasteiger partial charge is 0.272 e. The van der Waals surface area contributed by atoms with Crippen LogP contribution in [0.2, 0.25) is 0 Å². The zero-order valence-corrected chi connectivity index (χ0v) is 14.4. The second-order valence-corrected chi connectivity index (χ2v) is 7.07. The summed E-state index contributed by atoms with van der Waals surface area (Å²) in [5, 5.41) is 11.8. The first-order valence-corrected chi connectivity index (χ1v) is 9.11. The lowest BCUT2D eigenvalue weighted by Gasteiger charge is -2.27. The molecule has 6 heteroatoms. The summed E-state index contributed by atoms with van der Waals surface area (Å²) in [4.78, 5) is 17.6. The van der Waals surface area contributed by atoms with Gasteiger partial charge in [-0.05, 0) is 30.2 Å². The molecule has 1 aromatic heterocycles. The van der Waals surface area contributed by atoms with E-state index in [1.54, 1.807) is 6.07 Å². The molecule has 0 saturated carbocycles. The van der Waals surface area contributed by atoms with Crippen LogP contribution in [0.4, 0.5) is 5.69 Å². The van der Waals surface area contributed by atoms with Crippen LogP contribution in [0.5, 0.6) is 0 Å². The standard InChI is InChI=1S/C18H20N4OS/c1-13-15(12-22-5-7-24-8-6-22)3-2-4-16(13)21-18(23)17-9-14(10-19)11-20-17/h2-4,9,11,20H,5-8,12H2,1H3,(H,21,23). The predicted octanol–water partition coefficient (Wildman–Crippen LogP) is 3.00. The van der Waals surface area contributed by atoms with Crippen molar-refractivity contribution in [2.24, 2.45) is 0 Å². The Morgan fingerprint density at radius 2 is 2.21 bits per heavy atom. The minimum atomic E-state index is -0.230. The number of anilines is 1. The van der Waals surface area contributed by atoms with Gasteiger partial charge in [-0.3, -0.25) is 9.69 Å². The molecule has 24 heavy (non-hydrogen) atoms. The van der Waals surface area contributed by atoms with Crippen LogP contribution < -0.4 is 5.32 Å². The first-order valence-electron chi connectivity index (χ1n) is 7.96. The van der Waals surface area contributed by atoms with E-state index < -0.39 is 0 Å². The molecule has 2 heterocycles. The summed E-state index contributed by atoms with van der Waals surface area (Å²) < 4.78 is 0. The van der Waals surface area contributed by atoms with Gasteiger partial charge in [-0.15, -0.1) is 0 Å². The number of nitrogens with one attached hydrogen (secondary N) is 2. The summed E-state index contributed by atoms with van der Waals surface area (Å²) in [5.74, 6) is 2.14. The average Bonchev–Trinajstić information content (AvgIpc) is 3.09. The van der Waals surface area contributed by atoms with E-state index in [9.17, 15) is 4.79 Å². The van der Waals surface area contributed by atoms with Gasteiger partial charge in [0.05, 0.1) is 5.56 Å². The Kier molecular flexibility index (Phi) is 5.24. The minimum absolute atomic E-state index is 0.230. The van der Waals surface area contributed by atoms with Crippen molar-refractivity contribution < 1.29 is 4.79 Å². The summed E-state index contributed by atoms with van der Waals surface area (Å²) in [7, 11) is 0. The lowest BCUT2D eigenvalue weighted by molar-refractivity contribution is 0.102. The number of amides is 1. The lowest BCUT2D eigenvalue weighted by Crippen LogP contribution is -2.32. The average molecular weight is 340 g/mol. The summed E-state index contributed by atoms with van der Waals surface area (Å²) >= 11 is 2.00. The molecule has 0 spiro atoms. The second-order valence-electron chi connectivity index (χ2n) is 5.85. The van der Waals surface area contributed by atoms with Gasteiger partial charge in [-0.2, -0.15) is 17.0 Å². The van der Waals surface area contributed by atoms with Gasteiger partial charge in [0.1, 0.15) is 11.8 Å². The highest BCUT2D eigenvalue weighted by Gasteiger charge is 2.15. The van der Waals surface area contributed by atoms with Gasteiger partial charge in [0.2, 0.25) is 0 Å². The number of benzene rings is 1. The largest absolute Gasteiger partial charge is 0.356 e. The number of carbonyl (C=O) groups excluding carboxylic acids is 1. The highest BCUT2D eigenvalue weighted by atomic mass is 32.2. The molecule has 0 bridgehead atoms. The summed E-state index contributed by atoms with van der Waals surface area (Å²) in [5.41, 5.74) is 4.00. The molecular formula is C18H20N4OS. The van der Waals surface area contributed by atoms with Crippen LogP contribution in [0.3, 0.4) is 0 Å². The van der Waals surface area contributed by atoms with E-state index in [0.717, 1.165) is 30.9 Å².